The molecule has 2 aromatic rings. The number of nitrogens with zero attached hydrogens (tertiary/aromatic N) is 1. The lowest BCUT2D eigenvalue weighted by molar-refractivity contribution is 0.393. The number of aromatic nitrogens is 1. The number of ether oxygens (including phenoxy) is 2. The molecular formula is C17H22N2O2. The Morgan fingerprint density at radius 2 is 1.86 bits per heavy atom. The van der Waals surface area contributed by atoms with Gasteiger partial charge in [-0.15, -0.1) is 0 Å². The number of benzene rings is 1. The van der Waals surface area contributed by atoms with Crippen LogP contribution in [0.15, 0.2) is 42.6 Å². The quantitative estimate of drug-likeness (QED) is 0.849. The van der Waals surface area contributed by atoms with Crippen LogP contribution in [0.4, 0.5) is 0 Å². The number of hydrogen-bond donors (Lipinski definition) is 1. The first-order chi connectivity index (χ1) is 10.3. The molecule has 0 aliphatic heterocycles. The van der Waals surface area contributed by atoms with Crippen LogP contribution in [0.5, 0.6) is 11.5 Å². The Labute approximate surface area is 126 Å². The first kappa shape index (κ1) is 15.3. The third kappa shape index (κ3) is 3.95. The molecule has 0 amide bonds. The van der Waals surface area contributed by atoms with Crippen molar-refractivity contribution in [2.75, 3.05) is 21.3 Å². The summed E-state index contributed by atoms with van der Waals surface area (Å²) in [4.78, 5) is 4.45. The second-order valence-corrected chi connectivity index (χ2v) is 4.82. The van der Waals surface area contributed by atoms with Gasteiger partial charge in [0, 0.05) is 6.20 Å². The number of rotatable bonds is 7. The van der Waals surface area contributed by atoms with E-state index in [1.54, 1.807) is 20.4 Å². The zero-order valence-electron chi connectivity index (χ0n) is 12.8. The smallest absolute Gasteiger partial charge is 0.141 e. The van der Waals surface area contributed by atoms with Crippen LogP contribution in [-0.4, -0.2) is 26.3 Å². The van der Waals surface area contributed by atoms with Crippen molar-refractivity contribution in [1.82, 2.24) is 10.3 Å². The van der Waals surface area contributed by atoms with Gasteiger partial charge in [-0.25, -0.2) is 0 Å². The lowest BCUT2D eigenvalue weighted by Gasteiger charge is -2.18. The molecular weight excluding hydrogens is 264 g/mol. The molecule has 112 valence electrons. The molecule has 2 rings (SSSR count). The molecule has 0 aliphatic carbocycles. The third-order valence-corrected chi connectivity index (χ3v) is 3.58. The molecule has 0 saturated heterocycles. The van der Waals surface area contributed by atoms with E-state index in [9.17, 15) is 0 Å². The Hall–Kier alpha value is -2.07. The molecule has 21 heavy (non-hydrogen) atoms. The predicted molar refractivity (Wildman–Crippen MR) is 83.9 cm³/mol. The predicted octanol–water partition coefficient (Wildman–Crippen LogP) is 2.99. The Bertz CT molecular complexity index is 555. The lowest BCUT2D eigenvalue weighted by atomic mass is 10.0. The zero-order valence-corrected chi connectivity index (χ0v) is 12.8. The first-order valence-electron chi connectivity index (χ1n) is 7.07. The van der Waals surface area contributed by atoms with E-state index in [-0.39, 0.29) is 6.04 Å². The molecule has 1 atom stereocenters. The highest BCUT2D eigenvalue weighted by atomic mass is 16.5. The Morgan fingerprint density at radius 1 is 1.10 bits per heavy atom. The van der Waals surface area contributed by atoms with Crippen molar-refractivity contribution >= 4 is 0 Å². The van der Waals surface area contributed by atoms with E-state index in [0.29, 0.717) is 0 Å². The fraction of sp³-hybridized carbons (Fsp3) is 0.353. The van der Waals surface area contributed by atoms with Crippen LogP contribution in [0.3, 0.4) is 0 Å². The number of aryl methyl sites for hydroxylation is 1. The highest BCUT2D eigenvalue weighted by Crippen LogP contribution is 2.25. The van der Waals surface area contributed by atoms with Gasteiger partial charge >= 0.3 is 0 Å². The normalized spacial score (nSPS) is 12.0. The summed E-state index contributed by atoms with van der Waals surface area (Å²) >= 11 is 0. The second kappa shape index (κ2) is 7.64. The molecule has 4 nitrogen and oxygen atoms in total. The summed E-state index contributed by atoms with van der Waals surface area (Å²) in [6.45, 7) is 0. The van der Waals surface area contributed by atoms with E-state index < -0.39 is 0 Å². The van der Waals surface area contributed by atoms with Gasteiger partial charge in [0.25, 0.3) is 0 Å². The molecule has 0 fully saturated rings. The minimum atomic E-state index is 0.170. The maximum absolute atomic E-state index is 5.39. The highest BCUT2D eigenvalue weighted by Gasteiger charge is 2.15. The largest absolute Gasteiger partial charge is 0.497 e. The minimum Gasteiger partial charge on any atom is -0.497 e. The van der Waals surface area contributed by atoms with Crippen LogP contribution in [0.2, 0.25) is 0 Å². The van der Waals surface area contributed by atoms with Crippen LogP contribution in [0.25, 0.3) is 0 Å². The van der Waals surface area contributed by atoms with Gasteiger partial charge in [0.2, 0.25) is 0 Å². The Morgan fingerprint density at radius 3 is 2.48 bits per heavy atom. The van der Waals surface area contributed by atoms with Gasteiger partial charge in [-0.3, -0.25) is 4.98 Å². The second-order valence-electron chi connectivity index (χ2n) is 4.82. The highest BCUT2D eigenvalue weighted by molar-refractivity contribution is 5.30. The number of methoxy groups -OCH3 is 2. The summed E-state index contributed by atoms with van der Waals surface area (Å²) in [6, 6.07) is 12.2. The minimum absolute atomic E-state index is 0.170. The topological polar surface area (TPSA) is 43.4 Å². The first-order valence-corrected chi connectivity index (χ1v) is 7.07. The fourth-order valence-corrected chi connectivity index (χ4v) is 2.36. The number of nitrogens with one attached hydrogen (secondary N) is 1. The molecule has 0 radical (unpaired) electrons. The Kier molecular flexibility index (Phi) is 5.58. The summed E-state index contributed by atoms with van der Waals surface area (Å²) in [5.74, 6) is 1.71. The molecule has 1 aromatic heterocycles. The van der Waals surface area contributed by atoms with Crippen LogP contribution in [0.1, 0.15) is 23.7 Å². The molecule has 1 unspecified atom stereocenters. The van der Waals surface area contributed by atoms with Crippen LogP contribution >= 0.6 is 0 Å². The fourth-order valence-electron chi connectivity index (χ4n) is 2.36. The van der Waals surface area contributed by atoms with E-state index in [1.165, 1.54) is 5.56 Å². The molecule has 0 spiro atoms. The average Bonchev–Trinajstić information content (AvgIpc) is 2.56. The van der Waals surface area contributed by atoms with Crippen LogP contribution in [0, 0.1) is 0 Å². The van der Waals surface area contributed by atoms with Crippen molar-refractivity contribution in [2.45, 2.75) is 18.9 Å². The van der Waals surface area contributed by atoms with E-state index in [2.05, 4.69) is 22.4 Å². The monoisotopic (exact) mass is 286 g/mol. The molecule has 1 N–H and O–H groups in total. The zero-order chi connectivity index (χ0) is 15.1. The number of pyridine rings is 1. The van der Waals surface area contributed by atoms with Crippen molar-refractivity contribution in [2.24, 2.45) is 0 Å². The van der Waals surface area contributed by atoms with Gasteiger partial charge in [0.05, 0.1) is 26.0 Å². The molecule has 4 heteroatoms. The Balaban J connectivity index is 2.05. The van der Waals surface area contributed by atoms with Crippen LogP contribution in [-0.2, 0) is 6.42 Å². The van der Waals surface area contributed by atoms with Gasteiger partial charge in [0.15, 0.2) is 0 Å². The van der Waals surface area contributed by atoms with E-state index >= 15 is 0 Å². The average molecular weight is 286 g/mol. The van der Waals surface area contributed by atoms with Gasteiger partial charge in [-0.1, -0.05) is 12.1 Å². The molecule has 0 saturated carbocycles. The van der Waals surface area contributed by atoms with E-state index in [4.69, 9.17) is 9.47 Å². The maximum atomic E-state index is 5.39. The SMILES string of the molecule is CNC(CCc1ccc(OC)cc1)c1ncccc1OC. The molecule has 1 aromatic carbocycles. The van der Waals surface area contributed by atoms with Crippen molar-refractivity contribution in [3.05, 3.63) is 53.9 Å². The summed E-state index contributed by atoms with van der Waals surface area (Å²) in [7, 11) is 5.31. The van der Waals surface area contributed by atoms with Crippen molar-refractivity contribution < 1.29 is 9.47 Å². The van der Waals surface area contributed by atoms with Crippen molar-refractivity contribution in [1.29, 1.82) is 0 Å². The molecule has 0 aliphatic rings. The van der Waals surface area contributed by atoms with Crippen molar-refractivity contribution in [3.63, 3.8) is 0 Å². The third-order valence-electron chi connectivity index (χ3n) is 3.58. The van der Waals surface area contributed by atoms with Crippen molar-refractivity contribution in [3.8, 4) is 11.5 Å². The lowest BCUT2D eigenvalue weighted by Crippen LogP contribution is -2.19. The maximum Gasteiger partial charge on any atom is 0.141 e. The summed E-state index contributed by atoms with van der Waals surface area (Å²) in [5, 5.41) is 3.32. The van der Waals surface area contributed by atoms with Crippen LogP contribution < -0.4 is 14.8 Å². The summed E-state index contributed by atoms with van der Waals surface area (Å²) in [5.41, 5.74) is 2.24. The van der Waals surface area contributed by atoms with Gasteiger partial charge in [0.1, 0.15) is 11.5 Å². The van der Waals surface area contributed by atoms with Gasteiger partial charge in [-0.2, -0.15) is 0 Å². The van der Waals surface area contributed by atoms with E-state index in [1.807, 2.05) is 31.3 Å². The van der Waals surface area contributed by atoms with Gasteiger partial charge in [-0.05, 0) is 49.7 Å². The number of hydrogen-bond acceptors (Lipinski definition) is 4. The standard InChI is InChI=1S/C17H22N2O2/c1-18-15(17-16(21-3)5-4-12-19-17)11-8-13-6-9-14(20-2)10-7-13/h4-7,9-10,12,15,18H,8,11H2,1-3H3. The summed E-state index contributed by atoms with van der Waals surface area (Å²) in [6.07, 6.45) is 3.72. The van der Waals surface area contributed by atoms with Gasteiger partial charge < -0.3 is 14.8 Å². The molecule has 1 heterocycles. The molecule has 0 bridgehead atoms. The summed E-state index contributed by atoms with van der Waals surface area (Å²) < 4.78 is 10.6. The van der Waals surface area contributed by atoms with E-state index in [0.717, 1.165) is 30.0 Å².